The van der Waals surface area contributed by atoms with Crippen LogP contribution in [0.3, 0.4) is 0 Å². The minimum absolute atomic E-state index is 0.0105. The Hall–Kier alpha value is -3.74. The van der Waals surface area contributed by atoms with Gasteiger partial charge in [-0.2, -0.15) is 0 Å². The molecule has 4 aromatic rings. The van der Waals surface area contributed by atoms with Gasteiger partial charge in [0.15, 0.2) is 0 Å². The first-order valence-corrected chi connectivity index (χ1v) is 13.7. The SMILES string of the molecule is COc1cccc(-n2c(=O)c3c(C)c(C)sc3n(CC(=O)NCCc3ccc(S(N)(=O)=O)cc3)c2=O)c1. The second-order valence-electron chi connectivity index (χ2n) is 8.46. The summed E-state index contributed by atoms with van der Waals surface area (Å²) in [5, 5.41) is 8.30. The molecule has 0 saturated carbocycles. The number of rotatable bonds is 8. The molecule has 0 atom stereocenters. The highest BCUT2D eigenvalue weighted by Gasteiger charge is 2.21. The van der Waals surface area contributed by atoms with Crippen molar-refractivity contribution < 1.29 is 17.9 Å². The molecule has 3 N–H and O–H groups in total. The molecule has 37 heavy (non-hydrogen) atoms. The Balaban J connectivity index is 1.62. The highest BCUT2D eigenvalue weighted by atomic mass is 32.2. The van der Waals surface area contributed by atoms with Gasteiger partial charge in [-0.05, 0) is 55.7 Å². The number of methoxy groups -OCH3 is 1. The van der Waals surface area contributed by atoms with E-state index in [2.05, 4.69) is 5.32 Å². The first-order chi connectivity index (χ1) is 17.5. The van der Waals surface area contributed by atoms with Crippen molar-refractivity contribution in [1.29, 1.82) is 0 Å². The molecule has 0 unspecified atom stereocenters. The van der Waals surface area contributed by atoms with Gasteiger partial charge in [0.05, 0.1) is 23.1 Å². The van der Waals surface area contributed by atoms with E-state index in [9.17, 15) is 22.8 Å². The second-order valence-corrected chi connectivity index (χ2v) is 11.2. The van der Waals surface area contributed by atoms with Crippen molar-refractivity contribution in [2.45, 2.75) is 31.7 Å². The lowest BCUT2D eigenvalue weighted by Gasteiger charge is -2.13. The summed E-state index contributed by atoms with van der Waals surface area (Å²) in [6, 6.07) is 12.7. The van der Waals surface area contributed by atoms with E-state index >= 15 is 0 Å². The Labute approximate surface area is 217 Å². The Morgan fingerprint density at radius 2 is 1.81 bits per heavy atom. The van der Waals surface area contributed by atoms with Crippen LogP contribution in [0.25, 0.3) is 15.9 Å². The predicted molar refractivity (Wildman–Crippen MR) is 142 cm³/mol. The zero-order valence-corrected chi connectivity index (χ0v) is 22.1. The summed E-state index contributed by atoms with van der Waals surface area (Å²) < 4.78 is 30.4. The summed E-state index contributed by atoms with van der Waals surface area (Å²) in [6.07, 6.45) is 0.446. The third kappa shape index (κ3) is 5.36. The fourth-order valence-electron chi connectivity index (χ4n) is 3.97. The molecule has 0 fully saturated rings. The molecule has 0 aliphatic rings. The van der Waals surface area contributed by atoms with Crippen molar-refractivity contribution in [2.24, 2.45) is 5.14 Å². The van der Waals surface area contributed by atoms with Crippen LogP contribution in [0, 0.1) is 13.8 Å². The average molecular weight is 543 g/mol. The Bertz CT molecular complexity index is 1720. The first kappa shape index (κ1) is 26.3. The molecule has 0 bridgehead atoms. The van der Waals surface area contributed by atoms with E-state index in [1.807, 2.05) is 13.8 Å². The maximum absolute atomic E-state index is 13.5. The fraction of sp³-hybridized carbons (Fsp3) is 0.240. The smallest absolute Gasteiger partial charge is 0.337 e. The van der Waals surface area contributed by atoms with E-state index in [0.717, 1.165) is 20.6 Å². The van der Waals surface area contributed by atoms with Crippen molar-refractivity contribution >= 4 is 37.5 Å². The Kier molecular flexibility index (Phi) is 7.35. The number of thiophene rings is 1. The number of fused-ring (bicyclic) bond motifs is 1. The Morgan fingerprint density at radius 1 is 1.11 bits per heavy atom. The fourth-order valence-corrected chi connectivity index (χ4v) is 5.62. The summed E-state index contributed by atoms with van der Waals surface area (Å²) in [7, 11) is -2.28. The van der Waals surface area contributed by atoms with Crippen molar-refractivity contribution in [1.82, 2.24) is 14.5 Å². The third-order valence-corrected chi connectivity index (χ3v) is 8.21. The summed E-state index contributed by atoms with van der Waals surface area (Å²) in [5.41, 5.74) is 0.842. The number of benzene rings is 2. The Morgan fingerprint density at radius 3 is 2.46 bits per heavy atom. The van der Waals surface area contributed by atoms with E-state index in [-0.39, 0.29) is 18.0 Å². The largest absolute Gasteiger partial charge is 0.497 e. The van der Waals surface area contributed by atoms with Crippen molar-refractivity contribution in [2.75, 3.05) is 13.7 Å². The van der Waals surface area contributed by atoms with E-state index in [1.165, 1.54) is 35.1 Å². The number of nitrogens with one attached hydrogen (secondary N) is 1. The van der Waals surface area contributed by atoms with Gasteiger partial charge in [-0.3, -0.25) is 14.2 Å². The molecule has 2 heterocycles. The van der Waals surface area contributed by atoms with Crippen LogP contribution in [0.1, 0.15) is 16.0 Å². The predicted octanol–water partition coefficient (Wildman–Crippen LogP) is 1.85. The number of nitrogens with zero attached hydrogens (tertiary/aromatic N) is 2. The number of nitrogens with two attached hydrogens (primary N) is 1. The van der Waals surface area contributed by atoms with Crippen LogP contribution in [0.4, 0.5) is 0 Å². The molecule has 0 radical (unpaired) electrons. The van der Waals surface area contributed by atoms with Crippen LogP contribution in [-0.2, 0) is 27.8 Å². The van der Waals surface area contributed by atoms with Gasteiger partial charge in [0.2, 0.25) is 15.9 Å². The van der Waals surface area contributed by atoms with E-state index in [4.69, 9.17) is 9.88 Å². The summed E-state index contributed by atoms with van der Waals surface area (Å²) in [6.45, 7) is 3.68. The van der Waals surface area contributed by atoms with Crippen LogP contribution in [0.15, 0.2) is 63.0 Å². The molecule has 10 nitrogen and oxygen atoms in total. The number of hydrogen-bond acceptors (Lipinski definition) is 7. The van der Waals surface area contributed by atoms with Crippen molar-refractivity contribution in [3.05, 3.63) is 85.4 Å². The van der Waals surface area contributed by atoms with Crippen molar-refractivity contribution in [3.63, 3.8) is 0 Å². The number of ether oxygens (including phenoxy) is 1. The maximum Gasteiger partial charge on any atom is 0.337 e. The molecule has 2 aromatic heterocycles. The first-order valence-electron chi connectivity index (χ1n) is 11.3. The lowest BCUT2D eigenvalue weighted by Crippen LogP contribution is -2.41. The van der Waals surface area contributed by atoms with Crippen molar-refractivity contribution in [3.8, 4) is 11.4 Å². The topological polar surface area (TPSA) is 142 Å². The van der Waals surface area contributed by atoms with Crippen LogP contribution in [0.2, 0.25) is 0 Å². The molecule has 4 rings (SSSR count). The van der Waals surface area contributed by atoms with Gasteiger partial charge in [0.1, 0.15) is 17.1 Å². The van der Waals surface area contributed by atoms with E-state index in [1.54, 1.807) is 36.4 Å². The average Bonchev–Trinajstić information content (AvgIpc) is 3.16. The molecule has 0 aliphatic heterocycles. The summed E-state index contributed by atoms with van der Waals surface area (Å²) in [4.78, 5) is 41.1. The standard InChI is InChI=1S/C25H26N4O6S2/c1-15-16(2)36-24-22(15)23(31)29(18-5-4-6-19(13-18)35-3)25(32)28(24)14-21(30)27-12-11-17-7-9-20(10-8-17)37(26,33)34/h4-10,13H,11-12,14H2,1-3H3,(H,27,30)(H2,26,33,34). The number of carbonyl (C=O) groups is 1. The van der Waals surface area contributed by atoms with Crippen LogP contribution in [-0.4, -0.2) is 37.1 Å². The quantitative estimate of drug-likeness (QED) is 0.348. The van der Waals surface area contributed by atoms with Gasteiger partial charge in [-0.25, -0.2) is 22.9 Å². The van der Waals surface area contributed by atoms with Gasteiger partial charge in [0, 0.05) is 17.5 Å². The number of aryl methyl sites for hydroxylation is 2. The van der Waals surface area contributed by atoms with Gasteiger partial charge in [-0.1, -0.05) is 18.2 Å². The lowest BCUT2D eigenvalue weighted by atomic mass is 10.1. The monoisotopic (exact) mass is 542 g/mol. The molecule has 0 aliphatic carbocycles. The number of aromatic nitrogens is 2. The van der Waals surface area contributed by atoms with E-state index in [0.29, 0.717) is 28.1 Å². The van der Waals surface area contributed by atoms with Crippen LogP contribution in [0.5, 0.6) is 5.75 Å². The second kappa shape index (κ2) is 10.3. The minimum Gasteiger partial charge on any atom is -0.497 e. The highest BCUT2D eigenvalue weighted by molar-refractivity contribution is 7.89. The molecular formula is C25H26N4O6S2. The lowest BCUT2D eigenvalue weighted by molar-refractivity contribution is -0.121. The zero-order chi connectivity index (χ0) is 26.9. The maximum atomic E-state index is 13.5. The molecule has 1 amide bonds. The number of amides is 1. The van der Waals surface area contributed by atoms with Gasteiger partial charge in [-0.15, -0.1) is 11.3 Å². The minimum atomic E-state index is -3.77. The third-order valence-electron chi connectivity index (χ3n) is 6.05. The molecule has 194 valence electrons. The summed E-state index contributed by atoms with van der Waals surface area (Å²) >= 11 is 1.30. The summed E-state index contributed by atoms with van der Waals surface area (Å²) in [5.74, 6) is 0.0904. The molecular weight excluding hydrogens is 516 g/mol. The molecule has 0 spiro atoms. The molecule has 12 heteroatoms. The normalized spacial score (nSPS) is 11.6. The zero-order valence-electron chi connectivity index (χ0n) is 20.5. The van der Waals surface area contributed by atoms with Crippen LogP contribution < -0.4 is 26.4 Å². The van der Waals surface area contributed by atoms with Gasteiger partial charge in [0.25, 0.3) is 5.56 Å². The van der Waals surface area contributed by atoms with E-state index < -0.39 is 27.2 Å². The number of primary sulfonamides is 1. The molecule has 2 aromatic carbocycles. The number of sulfonamides is 1. The molecule has 0 saturated heterocycles. The van der Waals surface area contributed by atoms with Gasteiger partial charge < -0.3 is 10.1 Å². The number of hydrogen-bond donors (Lipinski definition) is 2. The van der Waals surface area contributed by atoms with Crippen LogP contribution >= 0.6 is 11.3 Å². The highest BCUT2D eigenvalue weighted by Crippen LogP contribution is 2.27. The number of carbonyl (C=O) groups excluding carboxylic acids is 1. The van der Waals surface area contributed by atoms with Gasteiger partial charge >= 0.3 is 5.69 Å².